The minimum atomic E-state index is -0.173. The number of aryl methyl sites for hydroxylation is 1. The fraction of sp³-hybridized carbons (Fsp3) is 0.444. The molecule has 5 nitrogen and oxygen atoms in total. The molecule has 1 aromatic carbocycles. The first-order valence-electron chi connectivity index (χ1n) is 7.92. The van der Waals surface area contributed by atoms with Gasteiger partial charge in [-0.15, -0.1) is 11.3 Å². The van der Waals surface area contributed by atoms with Gasteiger partial charge in [-0.05, 0) is 25.8 Å². The van der Waals surface area contributed by atoms with Crippen LogP contribution in [0.5, 0.6) is 0 Å². The predicted octanol–water partition coefficient (Wildman–Crippen LogP) is 3.35. The van der Waals surface area contributed by atoms with E-state index >= 15 is 0 Å². The maximum Gasteiger partial charge on any atom is 0.266 e. The molecule has 0 spiro atoms. The number of aromatic nitrogens is 1. The molecule has 130 valence electrons. The van der Waals surface area contributed by atoms with Crippen molar-refractivity contribution in [2.45, 2.75) is 32.4 Å². The van der Waals surface area contributed by atoms with Gasteiger partial charge >= 0.3 is 0 Å². The van der Waals surface area contributed by atoms with Gasteiger partial charge in [-0.3, -0.25) is 4.79 Å². The molecule has 0 bridgehead atoms. The number of methoxy groups -OCH3 is 1. The summed E-state index contributed by atoms with van der Waals surface area (Å²) in [7, 11) is 3.40. The Labute approximate surface area is 146 Å². The summed E-state index contributed by atoms with van der Waals surface area (Å²) >= 11 is 1.37. The fourth-order valence-corrected chi connectivity index (χ4v) is 3.65. The number of hydrogen-bond acceptors (Lipinski definition) is 5. The van der Waals surface area contributed by atoms with Crippen molar-refractivity contribution in [1.82, 2.24) is 9.88 Å². The summed E-state index contributed by atoms with van der Waals surface area (Å²) in [5.74, 6) is -0.0816. The van der Waals surface area contributed by atoms with Crippen LogP contribution >= 0.6 is 11.3 Å². The van der Waals surface area contributed by atoms with E-state index < -0.39 is 0 Å². The first-order valence-corrected chi connectivity index (χ1v) is 8.74. The molecule has 2 rings (SSSR count). The third-order valence-corrected chi connectivity index (χ3v) is 5.39. The van der Waals surface area contributed by atoms with Crippen LogP contribution in [0.15, 0.2) is 30.3 Å². The third kappa shape index (κ3) is 4.01. The summed E-state index contributed by atoms with van der Waals surface area (Å²) in [4.78, 5) is 19.7. The summed E-state index contributed by atoms with van der Waals surface area (Å²) in [5, 5.41) is 10.2. The molecule has 1 amide bonds. The highest BCUT2D eigenvalue weighted by Crippen LogP contribution is 2.30. The lowest BCUT2D eigenvalue weighted by Gasteiger charge is -2.28. The number of thiazole rings is 1. The summed E-state index contributed by atoms with van der Waals surface area (Å²) in [5.41, 5.74) is 1.72. The SMILES string of the molecule is COC(C)c1nc(C)c(C(=O)N(C)C(CCO)c2ccccc2)s1. The topological polar surface area (TPSA) is 62.7 Å². The van der Waals surface area contributed by atoms with Crippen molar-refractivity contribution in [2.75, 3.05) is 20.8 Å². The number of hydrogen-bond donors (Lipinski definition) is 1. The second-order valence-corrected chi connectivity index (χ2v) is 6.73. The molecule has 1 heterocycles. The van der Waals surface area contributed by atoms with Crippen LogP contribution in [-0.2, 0) is 4.74 Å². The zero-order chi connectivity index (χ0) is 17.7. The molecule has 2 unspecified atom stereocenters. The number of ether oxygens (including phenoxy) is 1. The van der Waals surface area contributed by atoms with Crippen LogP contribution in [0, 0.1) is 6.92 Å². The zero-order valence-electron chi connectivity index (χ0n) is 14.5. The highest BCUT2D eigenvalue weighted by atomic mass is 32.1. The Morgan fingerprint density at radius 1 is 1.38 bits per heavy atom. The average Bonchev–Trinajstić information content (AvgIpc) is 3.00. The van der Waals surface area contributed by atoms with Gasteiger partial charge in [0.2, 0.25) is 0 Å². The van der Waals surface area contributed by atoms with Crippen molar-refractivity contribution < 1.29 is 14.6 Å². The Kier molecular flexibility index (Phi) is 6.48. The Morgan fingerprint density at radius 3 is 2.62 bits per heavy atom. The number of amides is 1. The second kappa shape index (κ2) is 8.37. The molecule has 0 aliphatic rings. The maximum atomic E-state index is 13.0. The molecular weight excluding hydrogens is 324 g/mol. The van der Waals surface area contributed by atoms with Crippen molar-refractivity contribution in [3.63, 3.8) is 0 Å². The van der Waals surface area contributed by atoms with Gasteiger partial charge in [0.05, 0.1) is 11.7 Å². The summed E-state index contributed by atoms with van der Waals surface area (Å²) < 4.78 is 5.29. The van der Waals surface area contributed by atoms with Crippen LogP contribution in [0.3, 0.4) is 0 Å². The summed E-state index contributed by atoms with van der Waals surface area (Å²) in [6.45, 7) is 3.77. The molecule has 0 aliphatic carbocycles. The lowest BCUT2D eigenvalue weighted by Crippen LogP contribution is -2.31. The highest BCUT2D eigenvalue weighted by molar-refractivity contribution is 7.13. The van der Waals surface area contributed by atoms with Crippen molar-refractivity contribution in [2.24, 2.45) is 0 Å². The summed E-state index contributed by atoms with van der Waals surface area (Å²) in [6, 6.07) is 9.59. The molecule has 0 aliphatic heterocycles. The van der Waals surface area contributed by atoms with Gasteiger partial charge in [0.1, 0.15) is 16.0 Å². The standard InChI is InChI=1S/C18H24N2O3S/c1-12-16(24-17(19-12)13(2)23-4)18(22)20(3)15(10-11-21)14-8-6-5-7-9-14/h5-9,13,15,21H,10-11H2,1-4H3. The Balaban J connectivity index is 2.28. The molecule has 24 heavy (non-hydrogen) atoms. The van der Waals surface area contributed by atoms with Crippen LogP contribution in [0.2, 0.25) is 0 Å². The molecule has 0 saturated heterocycles. The van der Waals surface area contributed by atoms with Crippen LogP contribution in [0.4, 0.5) is 0 Å². The fourth-order valence-electron chi connectivity index (χ4n) is 2.57. The lowest BCUT2D eigenvalue weighted by atomic mass is 10.0. The van der Waals surface area contributed by atoms with Gasteiger partial charge in [0.25, 0.3) is 5.91 Å². The minimum absolute atomic E-state index is 0.0187. The highest BCUT2D eigenvalue weighted by Gasteiger charge is 2.26. The summed E-state index contributed by atoms with van der Waals surface area (Å²) in [6.07, 6.45) is 0.355. The average molecular weight is 348 g/mol. The Hall–Kier alpha value is -1.76. The van der Waals surface area contributed by atoms with E-state index in [1.54, 1.807) is 19.1 Å². The van der Waals surface area contributed by atoms with E-state index in [9.17, 15) is 9.90 Å². The number of carbonyl (C=O) groups excluding carboxylic acids is 1. The van der Waals surface area contributed by atoms with Crippen LogP contribution in [-0.4, -0.2) is 41.7 Å². The Bertz CT molecular complexity index is 672. The van der Waals surface area contributed by atoms with E-state index in [1.165, 1.54) is 11.3 Å². The van der Waals surface area contributed by atoms with Crippen LogP contribution < -0.4 is 0 Å². The van der Waals surface area contributed by atoms with Crippen molar-refractivity contribution in [1.29, 1.82) is 0 Å². The predicted molar refractivity (Wildman–Crippen MR) is 95.3 cm³/mol. The van der Waals surface area contributed by atoms with Crippen molar-refractivity contribution in [3.05, 3.63) is 51.5 Å². The normalized spacial score (nSPS) is 13.5. The van der Waals surface area contributed by atoms with Gasteiger partial charge in [-0.25, -0.2) is 4.98 Å². The number of carbonyl (C=O) groups is 1. The van der Waals surface area contributed by atoms with E-state index in [2.05, 4.69) is 4.98 Å². The van der Waals surface area contributed by atoms with Gasteiger partial charge in [0.15, 0.2) is 0 Å². The monoisotopic (exact) mass is 348 g/mol. The minimum Gasteiger partial charge on any atom is -0.396 e. The molecule has 6 heteroatoms. The smallest absolute Gasteiger partial charge is 0.266 e. The van der Waals surface area contributed by atoms with Crippen LogP contribution in [0.25, 0.3) is 0 Å². The number of aliphatic hydroxyl groups excluding tert-OH is 1. The van der Waals surface area contributed by atoms with Gasteiger partial charge in [-0.2, -0.15) is 0 Å². The molecule has 1 N–H and O–H groups in total. The first-order chi connectivity index (χ1) is 11.5. The third-order valence-electron chi connectivity index (χ3n) is 4.08. The van der Waals surface area contributed by atoms with E-state index in [1.807, 2.05) is 44.2 Å². The largest absolute Gasteiger partial charge is 0.396 e. The molecule has 0 fully saturated rings. The van der Waals surface area contributed by atoms with Crippen molar-refractivity contribution >= 4 is 17.2 Å². The molecule has 0 radical (unpaired) electrons. The lowest BCUT2D eigenvalue weighted by molar-refractivity contribution is 0.0709. The number of rotatable bonds is 7. The van der Waals surface area contributed by atoms with E-state index in [0.29, 0.717) is 17.0 Å². The van der Waals surface area contributed by atoms with Crippen molar-refractivity contribution in [3.8, 4) is 0 Å². The van der Waals surface area contributed by atoms with Gasteiger partial charge in [-0.1, -0.05) is 30.3 Å². The molecule has 2 aromatic rings. The molecule has 0 saturated carbocycles. The Morgan fingerprint density at radius 2 is 2.04 bits per heavy atom. The van der Waals surface area contributed by atoms with Crippen LogP contribution in [0.1, 0.15) is 51.4 Å². The zero-order valence-corrected chi connectivity index (χ0v) is 15.3. The number of aliphatic hydroxyl groups is 1. The molecular formula is C18H24N2O3S. The quantitative estimate of drug-likeness (QED) is 0.833. The molecule has 1 aromatic heterocycles. The first kappa shape index (κ1) is 18.6. The molecule has 2 atom stereocenters. The van der Waals surface area contributed by atoms with E-state index in [0.717, 1.165) is 10.6 Å². The van der Waals surface area contributed by atoms with E-state index in [4.69, 9.17) is 4.74 Å². The maximum absolute atomic E-state index is 13.0. The number of benzene rings is 1. The van der Waals surface area contributed by atoms with E-state index in [-0.39, 0.29) is 24.7 Å². The number of nitrogens with zero attached hydrogens (tertiary/aromatic N) is 2. The van der Waals surface area contributed by atoms with Gasteiger partial charge in [0, 0.05) is 20.8 Å². The van der Waals surface area contributed by atoms with Gasteiger partial charge < -0.3 is 14.7 Å². The second-order valence-electron chi connectivity index (χ2n) is 5.70.